The second kappa shape index (κ2) is 3.46. The zero-order chi connectivity index (χ0) is 11.1. The summed E-state index contributed by atoms with van der Waals surface area (Å²) in [5, 5.41) is 4.89. The molecule has 1 aromatic carbocycles. The average Bonchev–Trinajstić information content (AvgIpc) is 2.85. The molecule has 0 aliphatic heterocycles. The largest absolute Gasteiger partial charge is 0.490 e. The second-order valence-corrected chi connectivity index (χ2v) is 5.05. The molecule has 15 heavy (non-hydrogen) atoms. The molecule has 0 bridgehead atoms. The first-order chi connectivity index (χ1) is 6.95. The monoisotopic (exact) mass is 231 g/mol. The summed E-state index contributed by atoms with van der Waals surface area (Å²) in [5.41, 5.74) is 0. The maximum atomic E-state index is 13.0. The SMILES string of the molecule is NS(=O)(=O)c1cc(F)cc(OC2CC2)c1. The number of primary sulfonamides is 1. The molecule has 0 amide bonds. The van der Waals surface area contributed by atoms with Crippen molar-refractivity contribution in [2.24, 2.45) is 5.14 Å². The zero-order valence-electron chi connectivity index (χ0n) is 7.81. The lowest BCUT2D eigenvalue weighted by molar-refractivity contribution is 0.300. The lowest BCUT2D eigenvalue weighted by Gasteiger charge is -2.06. The van der Waals surface area contributed by atoms with Crippen LogP contribution in [0.5, 0.6) is 5.75 Å². The summed E-state index contributed by atoms with van der Waals surface area (Å²) in [6, 6.07) is 3.25. The molecule has 1 saturated carbocycles. The highest BCUT2D eigenvalue weighted by molar-refractivity contribution is 7.89. The molecule has 1 aliphatic carbocycles. The van der Waals surface area contributed by atoms with Crippen LogP contribution in [0.25, 0.3) is 0 Å². The lowest BCUT2D eigenvalue weighted by Crippen LogP contribution is -2.12. The van der Waals surface area contributed by atoms with Gasteiger partial charge >= 0.3 is 0 Å². The van der Waals surface area contributed by atoms with Crippen molar-refractivity contribution in [3.05, 3.63) is 24.0 Å². The molecule has 1 fully saturated rings. The first-order valence-electron chi connectivity index (χ1n) is 4.45. The van der Waals surface area contributed by atoms with Gasteiger partial charge < -0.3 is 4.74 Å². The molecule has 82 valence electrons. The van der Waals surface area contributed by atoms with Gasteiger partial charge in [0, 0.05) is 12.1 Å². The Labute approximate surface area is 86.9 Å². The van der Waals surface area contributed by atoms with E-state index in [0.29, 0.717) is 0 Å². The first-order valence-corrected chi connectivity index (χ1v) is 6.00. The summed E-state index contributed by atoms with van der Waals surface area (Å²) in [6.07, 6.45) is 1.92. The molecule has 2 N–H and O–H groups in total. The van der Waals surface area contributed by atoms with E-state index in [9.17, 15) is 12.8 Å². The molecule has 0 atom stereocenters. The Morgan fingerprint density at radius 1 is 1.33 bits per heavy atom. The normalized spacial score (nSPS) is 16.4. The van der Waals surface area contributed by atoms with E-state index in [2.05, 4.69) is 0 Å². The van der Waals surface area contributed by atoms with Gasteiger partial charge in [-0.3, -0.25) is 0 Å². The summed E-state index contributed by atoms with van der Waals surface area (Å²) in [7, 11) is -3.88. The topological polar surface area (TPSA) is 69.4 Å². The van der Waals surface area contributed by atoms with Crippen LogP contribution in [0.2, 0.25) is 0 Å². The molecule has 2 rings (SSSR count). The van der Waals surface area contributed by atoms with E-state index < -0.39 is 15.8 Å². The fourth-order valence-electron chi connectivity index (χ4n) is 1.15. The number of rotatable bonds is 3. The molecule has 1 aromatic rings. The van der Waals surface area contributed by atoms with Crippen molar-refractivity contribution in [2.45, 2.75) is 23.8 Å². The third kappa shape index (κ3) is 2.66. The molecule has 0 aromatic heterocycles. The number of nitrogens with two attached hydrogens (primary N) is 1. The minimum Gasteiger partial charge on any atom is -0.490 e. The smallest absolute Gasteiger partial charge is 0.238 e. The van der Waals surface area contributed by atoms with Crippen molar-refractivity contribution in [3.63, 3.8) is 0 Å². The Kier molecular flexibility index (Phi) is 2.40. The van der Waals surface area contributed by atoms with E-state index in [1.165, 1.54) is 6.07 Å². The fraction of sp³-hybridized carbons (Fsp3) is 0.333. The number of ether oxygens (including phenoxy) is 1. The summed E-state index contributed by atoms with van der Waals surface area (Å²) < 4.78 is 40.3. The van der Waals surface area contributed by atoms with Gasteiger partial charge in [-0.05, 0) is 18.9 Å². The van der Waals surface area contributed by atoms with Gasteiger partial charge in [-0.15, -0.1) is 0 Å². The highest BCUT2D eigenvalue weighted by atomic mass is 32.2. The predicted molar refractivity (Wildman–Crippen MR) is 51.4 cm³/mol. The van der Waals surface area contributed by atoms with Crippen LogP contribution in [0.3, 0.4) is 0 Å². The molecular formula is C9H10FNO3S. The average molecular weight is 231 g/mol. The number of hydrogen-bond donors (Lipinski definition) is 1. The molecule has 4 nitrogen and oxygen atoms in total. The van der Waals surface area contributed by atoms with Crippen LogP contribution in [-0.4, -0.2) is 14.5 Å². The number of benzene rings is 1. The van der Waals surface area contributed by atoms with Crippen molar-refractivity contribution in [1.82, 2.24) is 0 Å². The van der Waals surface area contributed by atoms with E-state index in [4.69, 9.17) is 9.88 Å². The van der Waals surface area contributed by atoms with Gasteiger partial charge in [0.15, 0.2) is 0 Å². The Balaban J connectivity index is 2.35. The molecular weight excluding hydrogens is 221 g/mol. The molecule has 0 heterocycles. The highest BCUT2D eigenvalue weighted by Gasteiger charge is 2.24. The number of sulfonamides is 1. The van der Waals surface area contributed by atoms with Gasteiger partial charge in [0.2, 0.25) is 10.0 Å². The van der Waals surface area contributed by atoms with Crippen molar-refractivity contribution >= 4 is 10.0 Å². The molecule has 6 heteroatoms. The Hall–Kier alpha value is -1.14. The maximum Gasteiger partial charge on any atom is 0.238 e. The minimum atomic E-state index is -3.88. The quantitative estimate of drug-likeness (QED) is 0.844. The van der Waals surface area contributed by atoms with Crippen molar-refractivity contribution in [3.8, 4) is 5.75 Å². The van der Waals surface area contributed by atoms with Gasteiger partial charge in [-0.25, -0.2) is 17.9 Å². The third-order valence-corrected chi connectivity index (χ3v) is 2.89. The van der Waals surface area contributed by atoms with E-state index >= 15 is 0 Å². The summed E-state index contributed by atoms with van der Waals surface area (Å²) in [5.74, 6) is -0.460. The van der Waals surface area contributed by atoms with Crippen molar-refractivity contribution in [2.75, 3.05) is 0 Å². The van der Waals surface area contributed by atoms with Crippen LogP contribution in [-0.2, 0) is 10.0 Å². The fourth-order valence-corrected chi connectivity index (χ4v) is 1.70. The van der Waals surface area contributed by atoms with E-state index in [-0.39, 0.29) is 16.7 Å². The van der Waals surface area contributed by atoms with Gasteiger partial charge in [-0.1, -0.05) is 0 Å². The highest BCUT2D eigenvalue weighted by Crippen LogP contribution is 2.28. The second-order valence-electron chi connectivity index (χ2n) is 3.48. The standard InChI is InChI=1S/C9H10FNO3S/c10-6-3-8(14-7-1-2-7)5-9(4-6)15(11,12)13/h3-5,7H,1-2H2,(H2,11,12,13). The zero-order valence-corrected chi connectivity index (χ0v) is 8.63. The van der Waals surface area contributed by atoms with E-state index in [1.807, 2.05) is 0 Å². The molecule has 1 aliphatic rings. The van der Waals surface area contributed by atoms with E-state index in [0.717, 1.165) is 25.0 Å². The Morgan fingerprint density at radius 2 is 2.00 bits per heavy atom. The third-order valence-electron chi connectivity index (χ3n) is 2.00. The van der Waals surface area contributed by atoms with Crippen LogP contribution >= 0.6 is 0 Å². The van der Waals surface area contributed by atoms with Crippen LogP contribution in [0.1, 0.15) is 12.8 Å². The van der Waals surface area contributed by atoms with Crippen LogP contribution in [0.15, 0.2) is 23.1 Å². The predicted octanol–water partition coefficient (Wildman–Crippen LogP) is 1.01. The minimum absolute atomic E-state index is 0.0835. The van der Waals surface area contributed by atoms with Gasteiger partial charge in [0.05, 0.1) is 11.0 Å². The van der Waals surface area contributed by atoms with Gasteiger partial charge in [0.25, 0.3) is 0 Å². The summed E-state index contributed by atoms with van der Waals surface area (Å²) in [4.78, 5) is -0.266. The number of hydrogen-bond acceptors (Lipinski definition) is 3. The van der Waals surface area contributed by atoms with E-state index in [1.54, 1.807) is 0 Å². The molecule has 0 radical (unpaired) electrons. The molecule has 0 unspecified atom stereocenters. The first kappa shape index (κ1) is 10.4. The van der Waals surface area contributed by atoms with Crippen LogP contribution < -0.4 is 9.88 Å². The number of halogens is 1. The van der Waals surface area contributed by atoms with Crippen LogP contribution in [0.4, 0.5) is 4.39 Å². The Bertz CT molecular complexity index is 482. The summed E-state index contributed by atoms with van der Waals surface area (Å²) in [6.45, 7) is 0. The van der Waals surface area contributed by atoms with Crippen molar-refractivity contribution in [1.29, 1.82) is 0 Å². The maximum absolute atomic E-state index is 13.0. The molecule has 0 spiro atoms. The van der Waals surface area contributed by atoms with Gasteiger partial charge in [0.1, 0.15) is 11.6 Å². The molecule has 0 saturated heterocycles. The Morgan fingerprint density at radius 3 is 2.53 bits per heavy atom. The van der Waals surface area contributed by atoms with Gasteiger partial charge in [-0.2, -0.15) is 0 Å². The lowest BCUT2D eigenvalue weighted by atomic mass is 10.3. The van der Waals surface area contributed by atoms with Crippen molar-refractivity contribution < 1.29 is 17.5 Å². The summed E-state index contributed by atoms with van der Waals surface area (Å²) >= 11 is 0. The van der Waals surface area contributed by atoms with Crippen LogP contribution in [0, 0.1) is 5.82 Å².